The molecule has 4 rings (SSSR count). The molecule has 0 atom stereocenters. The Balaban J connectivity index is 1.50. The van der Waals surface area contributed by atoms with Gasteiger partial charge in [-0.3, -0.25) is 9.20 Å². The maximum atomic E-state index is 12.3. The number of aromatic nitrogens is 3. The number of imidazole rings is 1. The van der Waals surface area contributed by atoms with Gasteiger partial charge in [-0.1, -0.05) is 12.1 Å². The Bertz CT molecular complexity index is 820. The normalized spacial score (nSPS) is 13.9. The molecule has 3 aromatic rings. The van der Waals surface area contributed by atoms with Crippen molar-refractivity contribution in [3.05, 3.63) is 60.2 Å². The van der Waals surface area contributed by atoms with Crippen LogP contribution in [0.2, 0.25) is 0 Å². The molecule has 0 bridgehead atoms. The highest BCUT2D eigenvalue weighted by molar-refractivity contribution is 5.99. The number of fused-ring (bicyclic) bond motifs is 1. The minimum atomic E-state index is -0.0210. The van der Waals surface area contributed by atoms with Crippen LogP contribution in [0.5, 0.6) is 0 Å². The van der Waals surface area contributed by atoms with Gasteiger partial charge in [0, 0.05) is 30.3 Å². The molecule has 23 heavy (non-hydrogen) atoms. The summed E-state index contributed by atoms with van der Waals surface area (Å²) in [5.74, 6) is 0.649. The fraction of sp³-hybridized carbons (Fsp3) is 0.235. The average molecular weight is 307 g/mol. The lowest BCUT2D eigenvalue weighted by Crippen LogP contribution is -2.26. The van der Waals surface area contributed by atoms with Crippen molar-refractivity contribution < 1.29 is 4.79 Å². The first kappa shape index (κ1) is 13.8. The molecule has 1 fully saturated rings. The van der Waals surface area contributed by atoms with Crippen LogP contribution in [0.25, 0.3) is 5.78 Å². The third kappa shape index (κ3) is 3.01. The second-order valence-corrected chi connectivity index (χ2v) is 5.71. The van der Waals surface area contributed by atoms with Crippen LogP contribution < -0.4 is 10.6 Å². The number of nitrogens with zero attached hydrogens (tertiary/aromatic N) is 3. The highest BCUT2D eigenvalue weighted by Gasteiger charge is 2.24. The van der Waals surface area contributed by atoms with Crippen LogP contribution in [-0.2, 0) is 6.54 Å². The van der Waals surface area contributed by atoms with E-state index in [0.717, 1.165) is 24.2 Å². The van der Waals surface area contributed by atoms with Crippen LogP contribution in [0.3, 0.4) is 0 Å². The molecule has 6 heteroatoms. The first-order valence-corrected chi connectivity index (χ1v) is 7.72. The molecule has 0 unspecified atom stereocenters. The Kier molecular flexibility index (Phi) is 3.42. The van der Waals surface area contributed by atoms with Crippen molar-refractivity contribution in [3.8, 4) is 0 Å². The number of hydrogen-bond acceptors (Lipinski definition) is 4. The number of hydrogen-bond donors (Lipinski definition) is 2. The fourth-order valence-electron chi connectivity index (χ4n) is 2.48. The first-order chi connectivity index (χ1) is 11.3. The molecule has 1 aliphatic rings. The van der Waals surface area contributed by atoms with Crippen molar-refractivity contribution in [1.29, 1.82) is 0 Å². The maximum absolute atomic E-state index is 12.3. The van der Waals surface area contributed by atoms with Gasteiger partial charge in [-0.25, -0.2) is 9.97 Å². The number of amides is 1. The van der Waals surface area contributed by atoms with E-state index in [9.17, 15) is 4.79 Å². The quantitative estimate of drug-likeness (QED) is 0.758. The van der Waals surface area contributed by atoms with Crippen LogP contribution in [0.4, 0.5) is 5.69 Å². The first-order valence-electron chi connectivity index (χ1n) is 7.72. The minimum Gasteiger partial charge on any atom is -0.379 e. The Morgan fingerprint density at radius 2 is 2.13 bits per heavy atom. The Morgan fingerprint density at radius 3 is 2.96 bits per heavy atom. The monoisotopic (exact) mass is 307 g/mol. The van der Waals surface area contributed by atoms with E-state index < -0.39 is 0 Å². The van der Waals surface area contributed by atoms with E-state index in [0.29, 0.717) is 23.9 Å². The molecular weight excluding hydrogens is 290 g/mol. The molecule has 1 amide bonds. The van der Waals surface area contributed by atoms with Crippen LogP contribution in [0.15, 0.2) is 48.9 Å². The molecular formula is C17H17N5O. The Morgan fingerprint density at radius 1 is 1.26 bits per heavy atom. The summed E-state index contributed by atoms with van der Waals surface area (Å²) in [6.45, 7) is 0.539. The molecule has 2 N–H and O–H groups in total. The molecule has 1 saturated carbocycles. The highest BCUT2D eigenvalue weighted by atomic mass is 16.1. The average Bonchev–Trinajstić information content (AvgIpc) is 3.29. The van der Waals surface area contributed by atoms with E-state index >= 15 is 0 Å². The predicted molar refractivity (Wildman–Crippen MR) is 87.2 cm³/mol. The van der Waals surface area contributed by atoms with E-state index in [1.807, 2.05) is 47.1 Å². The van der Waals surface area contributed by atoms with Crippen molar-refractivity contribution in [2.24, 2.45) is 0 Å². The molecule has 0 spiro atoms. The van der Waals surface area contributed by atoms with Crippen molar-refractivity contribution in [2.45, 2.75) is 25.4 Å². The third-order valence-corrected chi connectivity index (χ3v) is 3.83. The van der Waals surface area contributed by atoms with Gasteiger partial charge in [0.1, 0.15) is 0 Å². The minimum absolute atomic E-state index is 0.0210. The Labute approximate surface area is 133 Å². The molecule has 1 aliphatic carbocycles. The Hall–Kier alpha value is -2.89. The second-order valence-electron chi connectivity index (χ2n) is 5.71. The van der Waals surface area contributed by atoms with E-state index in [1.165, 1.54) is 0 Å². The zero-order valence-corrected chi connectivity index (χ0v) is 12.6. The summed E-state index contributed by atoms with van der Waals surface area (Å²) in [4.78, 5) is 20.9. The van der Waals surface area contributed by atoms with E-state index in [1.54, 1.807) is 6.20 Å². The fourth-order valence-corrected chi connectivity index (χ4v) is 2.48. The van der Waals surface area contributed by atoms with Gasteiger partial charge in [0.05, 0.1) is 17.8 Å². The van der Waals surface area contributed by atoms with E-state index in [-0.39, 0.29) is 5.91 Å². The lowest BCUT2D eigenvalue weighted by atomic mass is 10.1. The van der Waals surface area contributed by atoms with Gasteiger partial charge in [0.2, 0.25) is 5.78 Å². The number of benzene rings is 1. The molecule has 6 nitrogen and oxygen atoms in total. The van der Waals surface area contributed by atoms with Crippen molar-refractivity contribution >= 4 is 17.4 Å². The summed E-state index contributed by atoms with van der Waals surface area (Å²) in [5, 5.41) is 6.32. The van der Waals surface area contributed by atoms with Crippen LogP contribution >= 0.6 is 0 Å². The standard InChI is InChI=1S/C17H17N5O/c23-16(20-12-6-7-12)14-4-1-2-5-15(14)19-10-13-11-22-9-3-8-18-17(22)21-13/h1-5,8-9,11-12,19H,6-7,10H2,(H,20,23). The summed E-state index contributed by atoms with van der Waals surface area (Å²) >= 11 is 0. The van der Waals surface area contributed by atoms with E-state index in [2.05, 4.69) is 20.6 Å². The van der Waals surface area contributed by atoms with Crippen molar-refractivity contribution in [1.82, 2.24) is 19.7 Å². The lowest BCUT2D eigenvalue weighted by molar-refractivity contribution is 0.0952. The number of carbonyl (C=O) groups is 1. The zero-order chi connectivity index (χ0) is 15.6. The van der Waals surface area contributed by atoms with Gasteiger partial charge in [-0.05, 0) is 31.0 Å². The number of rotatable bonds is 5. The SMILES string of the molecule is O=C(NC1CC1)c1ccccc1NCc1cn2cccnc2n1. The van der Waals surface area contributed by atoms with Crippen LogP contribution in [0, 0.1) is 0 Å². The largest absolute Gasteiger partial charge is 0.379 e. The maximum Gasteiger partial charge on any atom is 0.253 e. The molecule has 116 valence electrons. The summed E-state index contributed by atoms with van der Waals surface area (Å²) in [5.41, 5.74) is 2.36. The van der Waals surface area contributed by atoms with Gasteiger partial charge in [-0.15, -0.1) is 0 Å². The van der Waals surface area contributed by atoms with Crippen molar-refractivity contribution in [3.63, 3.8) is 0 Å². The zero-order valence-electron chi connectivity index (χ0n) is 12.6. The summed E-state index contributed by atoms with van der Waals surface area (Å²) in [6.07, 6.45) is 7.72. The third-order valence-electron chi connectivity index (χ3n) is 3.83. The van der Waals surface area contributed by atoms with Gasteiger partial charge < -0.3 is 10.6 Å². The summed E-state index contributed by atoms with van der Waals surface area (Å²) in [6, 6.07) is 9.76. The van der Waals surface area contributed by atoms with Gasteiger partial charge in [-0.2, -0.15) is 0 Å². The molecule has 0 aliphatic heterocycles. The summed E-state index contributed by atoms with van der Waals surface area (Å²) < 4.78 is 1.88. The van der Waals surface area contributed by atoms with Crippen LogP contribution in [-0.4, -0.2) is 26.3 Å². The molecule has 2 aromatic heterocycles. The lowest BCUT2D eigenvalue weighted by Gasteiger charge is -2.11. The molecule has 1 aromatic carbocycles. The smallest absolute Gasteiger partial charge is 0.253 e. The van der Waals surface area contributed by atoms with Crippen molar-refractivity contribution in [2.75, 3.05) is 5.32 Å². The molecule has 2 heterocycles. The number of carbonyl (C=O) groups excluding carboxylic acids is 1. The van der Waals surface area contributed by atoms with Crippen LogP contribution in [0.1, 0.15) is 28.9 Å². The van der Waals surface area contributed by atoms with Gasteiger partial charge >= 0.3 is 0 Å². The number of anilines is 1. The van der Waals surface area contributed by atoms with E-state index in [4.69, 9.17) is 0 Å². The number of para-hydroxylation sites is 1. The highest BCUT2D eigenvalue weighted by Crippen LogP contribution is 2.21. The molecule has 0 radical (unpaired) electrons. The van der Waals surface area contributed by atoms with Gasteiger partial charge in [0.25, 0.3) is 5.91 Å². The topological polar surface area (TPSA) is 71.3 Å². The summed E-state index contributed by atoms with van der Waals surface area (Å²) in [7, 11) is 0. The second kappa shape index (κ2) is 5.72. The molecule has 0 saturated heterocycles. The van der Waals surface area contributed by atoms with Gasteiger partial charge in [0.15, 0.2) is 0 Å². The number of nitrogens with one attached hydrogen (secondary N) is 2. The predicted octanol–water partition coefficient (Wildman–Crippen LogP) is 2.23.